The lowest BCUT2D eigenvalue weighted by Gasteiger charge is -2.24. The Kier molecular flexibility index (Phi) is 5.49. The highest BCUT2D eigenvalue weighted by atomic mass is 16.3. The van der Waals surface area contributed by atoms with E-state index in [-0.39, 0.29) is 11.9 Å². The molecule has 1 aromatic rings. The summed E-state index contributed by atoms with van der Waals surface area (Å²) >= 11 is 0. The van der Waals surface area contributed by atoms with Gasteiger partial charge in [-0.25, -0.2) is 0 Å². The van der Waals surface area contributed by atoms with E-state index in [1.54, 1.807) is 50.1 Å². The fourth-order valence-corrected chi connectivity index (χ4v) is 1.65. The van der Waals surface area contributed by atoms with Crippen LogP contribution >= 0.6 is 0 Å². The number of likely N-dealkylation sites (N-methyl/N-ethyl adjacent to an activating group) is 1. The molecule has 5 heteroatoms. The van der Waals surface area contributed by atoms with Crippen molar-refractivity contribution in [2.75, 3.05) is 18.9 Å². The van der Waals surface area contributed by atoms with Crippen molar-refractivity contribution in [2.45, 2.75) is 26.0 Å². The van der Waals surface area contributed by atoms with Crippen LogP contribution < -0.4 is 5.32 Å². The fraction of sp³-hybridized carbons (Fsp3) is 0.429. The lowest BCUT2D eigenvalue weighted by Crippen LogP contribution is -2.42. The summed E-state index contributed by atoms with van der Waals surface area (Å²) < 4.78 is 0. The third kappa shape index (κ3) is 4.70. The molecule has 102 valence electrons. The third-order valence-electron chi connectivity index (χ3n) is 2.87. The van der Waals surface area contributed by atoms with Gasteiger partial charge in [0.25, 0.3) is 0 Å². The third-order valence-corrected chi connectivity index (χ3v) is 2.87. The van der Waals surface area contributed by atoms with E-state index >= 15 is 0 Å². The van der Waals surface area contributed by atoms with Gasteiger partial charge in [0, 0.05) is 12.2 Å². The summed E-state index contributed by atoms with van der Waals surface area (Å²) in [5.41, 5.74) is 1.21. The molecule has 2 N–H and O–H groups in total. The van der Waals surface area contributed by atoms with Gasteiger partial charge in [-0.15, -0.1) is 0 Å². The number of hydrogen-bond acceptors (Lipinski definition) is 4. The SMILES string of the molecule is CC(O)CN(C)C(C)C(=O)Nc1ccc(C#N)cc1. The van der Waals surface area contributed by atoms with Gasteiger partial charge in [0.05, 0.1) is 23.8 Å². The van der Waals surface area contributed by atoms with Gasteiger partial charge < -0.3 is 10.4 Å². The second-order valence-corrected chi connectivity index (χ2v) is 4.64. The van der Waals surface area contributed by atoms with Crippen LogP contribution in [0.15, 0.2) is 24.3 Å². The Balaban J connectivity index is 2.60. The quantitative estimate of drug-likeness (QED) is 0.835. The topological polar surface area (TPSA) is 76.4 Å². The standard InChI is InChI=1S/C14H19N3O2/c1-10(18)9-17(3)11(2)14(19)16-13-6-4-12(8-15)5-7-13/h4-7,10-11,18H,9H2,1-3H3,(H,16,19). The maximum atomic E-state index is 12.0. The maximum absolute atomic E-state index is 12.0. The van der Waals surface area contributed by atoms with E-state index in [4.69, 9.17) is 5.26 Å². The Labute approximate surface area is 113 Å². The first-order valence-electron chi connectivity index (χ1n) is 6.13. The largest absolute Gasteiger partial charge is 0.392 e. The Morgan fingerprint density at radius 3 is 2.47 bits per heavy atom. The van der Waals surface area contributed by atoms with Gasteiger partial charge in [0.2, 0.25) is 5.91 Å². The maximum Gasteiger partial charge on any atom is 0.241 e. The van der Waals surface area contributed by atoms with Crippen LogP contribution in [0.25, 0.3) is 0 Å². The van der Waals surface area contributed by atoms with E-state index in [9.17, 15) is 9.90 Å². The van der Waals surface area contributed by atoms with E-state index in [1.807, 2.05) is 6.07 Å². The zero-order valence-electron chi connectivity index (χ0n) is 11.4. The average Bonchev–Trinajstić information content (AvgIpc) is 2.37. The molecule has 0 saturated carbocycles. The summed E-state index contributed by atoms with van der Waals surface area (Å²) in [6, 6.07) is 8.37. The van der Waals surface area contributed by atoms with Crippen LogP contribution in [-0.2, 0) is 4.79 Å². The van der Waals surface area contributed by atoms with Crippen LogP contribution in [0.5, 0.6) is 0 Å². The summed E-state index contributed by atoms with van der Waals surface area (Å²) in [6.07, 6.45) is -0.477. The van der Waals surface area contributed by atoms with E-state index in [1.165, 1.54) is 0 Å². The molecule has 1 rings (SSSR count). The van der Waals surface area contributed by atoms with Crippen LogP contribution in [0.1, 0.15) is 19.4 Å². The lowest BCUT2D eigenvalue weighted by molar-refractivity contribution is -0.120. The van der Waals surface area contributed by atoms with Crippen LogP contribution in [-0.4, -0.2) is 41.7 Å². The Morgan fingerprint density at radius 1 is 1.42 bits per heavy atom. The summed E-state index contributed by atoms with van der Waals surface area (Å²) in [6.45, 7) is 3.89. The van der Waals surface area contributed by atoms with Gasteiger partial charge in [0.1, 0.15) is 0 Å². The van der Waals surface area contributed by atoms with Gasteiger partial charge in [-0.3, -0.25) is 9.69 Å². The molecular formula is C14H19N3O2. The second kappa shape index (κ2) is 6.88. The Morgan fingerprint density at radius 2 is 2.00 bits per heavy atom. The van der Waals surface area contributed by atoms with Crippen molar-refractivity contribution in [1.82, 2.24) is 4.90 Å². The molecule has 2 atom stereocenters. The number of carbonyl (C=O) groups is 1. The number of rotatable bonds is 5. The Hall–Kier alpha value is -1.90. The molecule has 1 amide bonds. The summed E-state index contributed by atoms with van der Waals surface area (Å²) in [4.78, 5) is 13.8. The van der Waals surface area contributed by atoms with Gasteiger partial charge >= 0.3 is 0 Å². The Bertz CT molecular complexity index is 463. The molecule has 0 radical (unpaired) electrons. The first-order chi connectivity index (χ1) is 8.93. The molecule has 0 bridgehead atoms. The number of hydrogen-bond donors (Lipinski definition) is 2. The zero-order chi connectivity index (χ0) is 14.4. The first-order valence-corrected chi connectivity index (χ1v) is 6.13. The number of nitrogens with zero attached hydrogens (tertiary/aromatic N) is 2. The molecule has 0 saturated heterocycles. The lowest BCUT2D eigenvalue weighted by atomic mass is 10.2. The number of nitriles is 1. The van der Waals surface area contributed by atoms with Crippen molar-refractivity contribution < 1.29 is 9.90 Å². The first kappa shape index (κ1) is 15.2. The summed E-state index contributed by atoms with van der Waals surface area (Å²) in [7, 11) is 1.79. The molecule has 19 heavy (non-hydrogen) atoms. The van der Waals surface area contributed by atoms with Crippen LogP contribution in [0.2, 0.25) is 0 Å². The number of aliphatic hydroxyl groups is 1. The van der Waals surface area contributed by atoms with E-state index in [0.717, 1.165) is 0 Å². The van der Waals surface area contributed by atoms with Gasteiger partial charge in [-0.2, -0.15) is 5.26 Å². The van der Waals surface area contributed by atoms with Crippen molar-refractivity contribution in [1.29, 1.82) is 5.26 Å². The molecule has 0 aliphatic carbocycles. The zero-order valence-corrected chi connectivity index (χ0v) is 11.4. The van der Waals surface area contributed by atoms with E-state index < -0.39 is 6.10 Å². The van der Waals surface area contributed by atoms with Crippen molar-refractivity contribution >= 4 is 11.6 Å². The van der Waals surface area contributed by atoms with Crippen molar-refractivity contribution in [3.05, 3.63) is 29.8 Å². The molecule has 2 unspecified atom stereocenters. The number of carbonyl (C=O) groups excluding carboxylic acids is 1. The number of aliphatic hydroxyl groups excluding tert-OH is 1. The number of nitrogens with one attached hydrogen (secondary N) is 1. The van der Waals surface area contributed by atoms with Crippen molar-refractivity contribution in [2.24, 2.45) is 0 Å². The smallest absolute Gasteiger partial charge is 0.241 e. The predicted molar refractivity (Wildman–Crippen MR) is 73.6 cm³/mol. The monoisotopic (exact) mass is 261 g/mol. The number of amides is 1. The number of anilines is 1. The molecule has 1 aromatic carbocycles. The molecular weight excluding hydrogens is 242 g/mol. The van der Waals surface area contributed by atoms with E-state index in [0.29, 0.717) is 17.8 Å². The van der Waals surface area contributed by atoms with Crippen molar-refractivity contribution in [3.8, 4) is 6.07 Å². The number of benzene rings is 1. The highest BCUT2D eigenvalue weighted by molar-refractivity contribution is 5.94. The molecule has 0 aliphatic heterocycles. The summed E-state index contributed by atoms with van der Waals surface area (Å²) in [5.74, 6) is -0.146. The van der Waals surface area contributed by atoms with Gasteiger partial charge in [0.15, 0.2) is 0 Å². The summed E-state index contributed by atoms with van der Waals surface area (Å²) in [5, 5.41) is 20.8. The highest BCUT2D eigenvalue weighted by Crippen LogP contribution is 2.10. The molecule has 5 nitrogen and oxygen atoms in total. The molecule has 0 fully saturated rings. The molecule has 0 aromatic heterocycles. The molecule has 0 spiro atoms. The highest BCUT2D eigenvalue weighted by Gasteiger charge is 2.18. The van der Waals surface area contributed by atoms with Crippen LogP contribution in [0.4, 0.5) is 5.69 Å². The van der Waals surface area contributed by atoms with E-state index in [2.05, 4.69) is 5.32 Å². The minimum absolute atomic E-state index is 0.146. The normalized spacial score (nSPS) is 13.7. The minimum Gasteiger partial charge on any atom is -0.392 e. The average molecular weight is 261 g/mol. The second-order valence-electron chi connectivity index (χ2n) is 4.64. The van der Waals surface area contributed by atoms with Crippen LogP contribution in [0, 0.1) is 11.3 Å². The fourth-order valence-electron chi connectivity index (χ4n) is 1.65. The predicted octanol–water partition coefficient (Wildman–Crippen LogP) is 1.20. The van der Waals surface area contributed by atoms with Crippen molar-refractivity contribution in [3.63, 3.8) is 0 Å². The van der Waals surface area contributed by atoms with Gasteiger partial charge in [-0.05, 0) is 45.2 Å². The van der Waals surface area contributed by atoms with Gasteiger partial charge in [-0.1, -0.05) is 0 Å². The minimum atomic E-state index is -0.477. The van der Waals surface area contributed by atoms with Crippen LogP contribution in [0.3, 0.4) is 0 Å². The molecule has 0 aliphatic rings. The molecule has 0 heterocycles.